The molecule has 0 bridgehead atoms. The average Bonchev–Trinajstić information content (AvgIpc) is 2.34. The number of rotatable bonds is 3. The molecule has 19 heavy (non-hydrogen) atoms. The third-order valence-electron chi connectivity index (χ3n) is 2.46. The van der Waals surface area contributed by atoms with Crippen molar-refractivity contribution in [1.29, 1.82) is 0 Å². The quantitative estimate of drug-likeness (QED) is 0.830. The van der Waals surface area contributed by atoms with Crippen LogP contribution in [-0.2, 0) is 10.0 Å². The molecule has 0 fully saturated rings. The van der Waals surface area contributed by atoms with Gasteiger partial charge in [-0.15, -0.1) is 0 Å². The van der Waals surface area contributed by atoms with Crippen molar-refractivity contribution < 1.29 is 8.42 Å². The van der Waals surface area contributed by atoms with E-state index in [1.165, 1.54) is 24.7 Å². The molecule has 8 heteroatoms. The molecule has 2 aromatic rings. The second kappa shape index (κ2) is 5.14. The van der Waals surface area contributed by atoms with Crippen LogP contribution >= 0.6 is 15.9 Å². The van der Waals surface area contributed by atoms with E-state index in [0.29, 0.717) is 15.7 Å². The Hall–Kier alpha value is -1.67. The third kappa shape index (κ3) is 3.02. The Kier molecular flexibility index (Phi) is 3.72. The maximum Gasteiger partial charge on any atom is 0.263 e. The van der Waals surface area contributed by atoms with Crippen LogP contribution in [0.1, 0.15) is 5.56 Å². The molecule has 0 aliphatic carbocycles. The molecule has 0 aliphatic rings. The predicted molar refractivity (Wildman–Crippen MR) is 76.1 cm³/mol. The summed E-state index contributed by atoms with van der Waals surface area (Å²) in [6.45, 7) is 1.65. The Balaban J connectivity index is 2.46. The highest BCUT2D eigenvalue weighted by Gasteiger charge is 2.19. The Morgan fingerprint density at radius 1 is 1.32 bits per heavy atom. The minimum Gasteiger partial charge on any atom is -0.398 e. The Morgan fingerprint density at radius 2 is 2.05 bits per heavy atom. The summed E-state index contributed by atoms with van der Waals surface area (Å²) in [5, 5.41) is 0. The average molecular weight is 343 g/mol. The lowest BCUT2D eigenvalue weighted by molar-refractivity contribution is 0.600. The number of nitrogens with one attached hydrogen (secondary N) is 1. The number of hydrogen-bond donors (Lipinski definition) is 2. The number of anilines is 2. The molecule has 2 rings (SSSR count). The molecule has 1 heterocycles. The molecule has 3 N–H and O–H groups in total. The molecular formula is C11H11BrN4O2S. The van der Waals surface area contributed by atoms with Crippen molar-refractivity contribution in [3.05, 3.63) is 40.8 Å². The van der Waals surface area contributed by atoms with Crippen LogP contribution in [0.4, 0.5) is 11.5 Å². The van der Waals surface area contributed by atoms with E-state index in [1.807, 2.05) is 0 Å². The van der Waals surface area contributed by atoms with Gasteiger partial charge in [0.2, 0.25) is 0 Å². The van der Waals surface area contributed by atoms with Crippen LogP contribution in [0.3, 0.4) is 0 Å². The zero-order valence-electron chi connectivity index (χ0n) is 9.96. The second-order valence-electron chi connectivity index (χ2n) is 3.81. The summed E-state index contributed by atoms with van der Waals surface area (Å²) in [4.78, 5) is 7.77. The van der Waals surface area contributed by atoms with Crippen LogP contribution in [0, 0.1) is 6.92 Å². The van der Waals surface area contributed by atoms with Crippen LogP contribution in [-0.4, -0.2) is 18.4 Å². The van der Waals surface area contributed by atoms with Gasteiger partial charge < -0.3 is 5.73 Å². The SMILES string of the molecule is Cc1c(N)cc(Br)cc1S(=O)(=O)Nc1cnccn1. The molecule has 0 amide bonds. The lowest BCUT2D eigenvalue weighted by atomic mass is 10.2. The van der Waals surface area contributed by atoms with E-state index in [9.17, 15) is 8.42 Å². The second-order valence-corrected chi connectivity index (χ2v) is 6.38. The van der Waals surface area contributed by atoms with Crippen molar-refractivity contribution in [1.82, 2.24) is 9.97 Å². The fraction of sp³-hybridized carbons (Fsp3) is 0.0909. The van der Waals surface area contributed by atoms with E-state index >= 15 is 0 Å². The standard InChI is InChI=1S/C11H11BrN4O2S/c1-7-9(13)4-8(12)5-10(7)19(17,18)16-11-6-14-2-3-15-11/h2-6H,13H2,1H3,(H,15,16). The summed E-state index contributed by atoms with van der Waals surface area (Å²) in [7, 11) is -3.75. The van der Waals surface area contributed by atoms with Gasteiger partial charge in [0.1, 0.15) is 0 Å². The van der Waals surface area contributed by atoms with Gasteiger partial charge in [-0.2, -0.15) is 0 Å². The molecule has 0 atom stereocenters. The van der Waals surface area contributed by atoms with Gasteiger partial charge >= 0.3 is 0 Å². The molecule has 1 aromatic carbocycles. The van der Waals surface area contributed by atoms with Crippen LogP contribution in [0.25, 0.3) is 0 Å². The first-order chi connectivity index (χ1) is 8.90. The number of nitrogens with two attached hydrogens (primary N) is 1. The van der Waals surface area contributed by atoms with Gasteiger partial charge in [0.25, 0.3) is 10.0 Å². The fourth-order valence-corrected chi connectivity index (χ4v) is 3.42. The van der Waals surface area contributed by atoms with E-state index in [1.54, 1.807) is 13.0 Å². The maximum atomic E-state index is 12.3. The maximum absolute atomic E-state index is 12.3. The predicted octanol–water partition coefficient (Wildman–Crippen LogP) is 1.93. The lowest BCUT2D eigenvalue weighted by Gasteiger charge is -2.11. The number of nitrogens with zero attached hydrogens (tertiary/aromatic N) is 2. The van der Waals surface area contributed by atoms with Crippen molar-refractivity contribution in [2.45, 2.75) is 11.8 Å². The van der Waals surface area contributed by atoms with Gasteiger partial charge in [0, 0.05) is 22.6 Å². The topological polar surface area (TPSA) is 98.0 Å². The van der Waals surface area contributed by atoms with E-state index in [-0.39, 0.29) is 10.7 Å². The highest BCUT2D eigenvalue weighted by molar-refractivity contribution is 9.10. The third-order valence-corrected chi connectivity index (χ3v) is 4.40. The molecule has 0 radical (unpaired) electrons. The van der Waals surface area contributed by atoms with Gasteiger partial charge in [-0.25, -0.2) is 13.4 Å². The minimum atomic E-state index is -3.75. The summed E-state index contributed by atoms with van der Waals surface area (Å²) in [6.07, 6.45) is 4.19. The summed E-state index contributed by atoms with van der Waals surface area (Å²) in [6, 6.07) is 3.14. The molecular weight excluding hydrogens is 332 g/mol. The fourth-order valence-electron chi connectivity index (χ4n) is 1.50. The summed E-state index contributed by atoms with van der Waals surface area (Å²) in [5.41, 5.74) is 6.64. The lowest BCUT2D eigenvalue weighted by Crippen LogP contribution is -2.16. The molecule has 0 saturated carbocycles. The van der Waals surface area contributed by atoms with Crippen molar-refractivity contribution >= 4 is 37.5 Å². The summed E-state index contributed by atoms with van der Waals surface area (Å²) < 4.78 is 27.5. The van der Waals surface area contributed by atoms with Crippen molar-refractivity contribution in [2.24, 2.45) is 0 Å². The monoisotopic (exact) mass is 342 g/mol. The highest BCUT2D eigenvalue weighted by Crippen LogP contribution is 2.27. The van der Waals surface area contributed by atoms with Crippen LogP contribution in [0.2, 0.25) is 0 Å². The number of nitrogen functional groups attached to an aromatic ring is 1. The van der Waals surface area contributed by atoms with Crippen LogP contribution < -0.4 is 10.5 Å². The number of hydrogen-bond acceptors (Lipinski definition) is 5. The first-order valence-corrected chi connectivity index (χ1v) is 7.52. The van der Waals surface area contributed by atoms with E-state index in [4.69, 9.17) is 5.73 Å². The van der Waals surface area contributed by atoms with E-state index < -0.39 is 10.0 Å². The number of aromatic nitrogens is 2. The zero-order chi connectivity index (χ0) is 14.0. The zero-order valence-corrected chi connectivity index (χ0v) is 12.4. The number of sulfonamides is 1. The first-order valence-electron chi connectivity index (χ1n) is 5.24. The molecule has 0 spiro atoms. The smallest absolute Gasteiger partial charge is 0.263 e. The summed E-state index contributed by atoms with van der Waals surface area (Å²) >= 11 is 3.22. The number of halogens is 1. The highest BCUT2D eigenvalue weighted by atomic mass is 79.9. The van der Waals surface area contributed by atoms with Crippen LogP contribution in [0.5, 0.6) is 0 Å². The molecule has 100 valence electrons. The van der Waals surface area contributed by atoms with Crippen molar-refractivity contribution in [3.63, 3.8) is 0 Å². The molecule has 0 saturated heterocycles. The molecule has 6 nitrogen and oxygen atoms in total. The van der Waals surface area contributed by atoms with E-state index in [2.05, 4.69) is 30.6 Å². The van der Waals surface area contributed by atoms with Gasteiger partial charge in [-0.1, -0.05) is 15.9 Å². The normalized spacial score (nSPS) is 11.3. The van der Waals surface area contributed by atoms with Gasteiger partial charge in [0.05, 0.1) is 11.1 Å². The Morgan fingerprint density at radius 3 is 2.68 bits per heavy atom. The Bertz CT molecular complexity index is 704. The summed E-state index contributed by atoms with van der Waals surface area (Å²) in [5.74, 6) is 0.153. The Labute approximate surface area is 119 Å². The van der Waals surface area contributed by atoms with Crippen molar-refractivity contribution in [3.8, 4) is 0 Å². The van der Waals surface area contributed by atoms with Crippen LogP contribution in [0.15, 0.2) is 40.1 Å². The molecule has 1 aromatic heterocycles. The molecule has 0 unspecified atom stereocenters. The molecule has 0 aliphatic heterocycles. The minimum absolute atomic E-state index is 0.102. The first kappa shape index (κ1) is 13.8. The number of benzene rings is 1. The van der Waals surface area contributed by atoms with Gasteiger partial charge in [-0.05, 0) is 24.6 Å². The largest absolute Gasteiger partial charge is 0.398 e. The van der Waals surface area contributed by atoms with Gasteiger partial charge in [-0.3, -0.25) is 9.71 Å². The van der Waals surface area contributed by atoms with Gasteiger partial charge in [0.15, 0.2) is 5.82 Å². The van der Waals surface area contributed by atoms with Crippen molar-refractivity contribution in [2.75, 3.05) is 10.5 Å². The van der Waals surface area contributed by atoms with E-state index in [0.717, 1.165) is 0 Å².